The SMILES string of the molecule is CCC1CC(Nc2cccc(-c3nncn3C)c2)CCO1. The summed E-state index contributed by atoms with van der Waals surface area (Å²) >= 11 is 0. The molecule has 1 aliphatic heterocycles. The van der Waals surface area contributed by atoms with Crippen molar-refractivity contribution in [1.82, 2.24) is 14.8 Å². The van der Waals surface area contributed by atoms with Crippen LogP contribution >= 0.6 is 0 Å². The van der Waals surface area contributed by atoms with Crippen LogP contribution in [-0.2, 0) is 11.8 Å². The van der Waals surface area contributed by atoms with Crippen molar-refractivity contribution in [3.8, 4) is 11.4 Å². The van der Waals surface area contributed by atoms with Crippen molar-refractivity contribution in [3.63, 3.8) is 0 Å². The summed E-state index contributed by atoms with van der Waals surface area (Å²) in [5.74, 6) is 0.886. The molecule has 0 bridgehead atoms. The molecule has 0 aliphatic carbocycles. The van der Waals surface area contributed by atoms with Gasteiger partial charge in [-0.25, -0.2) is 0 Å². The number of hydrogen-bond donors (Lipinski definition) is 1. The smallest absolute Gasteiger partial charge is 0.163 e. The molecular weight excluding hydrogens is 264 g/mol. The second-order valence-electron chi connectivity index (χ2n) is 5.61. The summed E-state index contributed by atoms with van der Waals surface area (Å²) in [6, 6.07) is 8.85. The van der Waals surface area contributed by atoms with E-state index in [2.05, 4.69) is 46.7 Å². The van der Waals surface area contributed by atoms with Crippen LogP contribution in [0.15, 0.2) is 30.6 Å². The van der Waals surface area contributed by atoms with Crippen molar-refractivity contribution < 1.29 is 4.74 Å². The fraction of sp³-hybridized carbons (Fsp3) is 0.500. The predicted octanol–water partition coefficient (Wildman–Crippen LogP) is 2.85. The van der Waals surface area contributed by atoms with E-state index in [0.29, 0.717) is 12.1 Å². The summed E-state index contributed by atoms with van der Waals surface area (Å²) in [6.07, 6.45) is 5.32. The van der Waals surface area contributed by atoms with E-state index in [1.807, 2.05) is 11.6 Å². The third-order valence-corrected chi connectivity index (χ3v) is 4.03. The van der Waals surface area contributed by atoms with Crippen molar-refractivity contribution in [3.05, 3.63) is 30.6 Å². The summed E-state index contributed by atoms with van der Waals surface area (Å²) in [4.78, 5) is 0. The minimum absolute atomic E-state index is 0.387. The second-order valence-corrected chi connectivity index (χ2v) is 5.61. The molecule has 0 radical (unpaired) electrons. The molecule has 2 unspecified atom stereocenters. The molecule has 1 saturated heterocycles. The van der Waals surface area contributed by atoms with Crippen LogP contribution in [0.25, 0.3) is 11.4 Å². The Morgan fingerprint density at radius 1 is 1.43 bits per heavy atom. The number of nitrogens with one attached hydrogen (secondary N) is 1. The lowest BCUT2D eigenvalue weighted by Crippen LogP contribution is -2.33. The molecule has 21 heavy (non-hydrogen) atoms. The monoisotopic (exact) mass is 286 g/mol. The van der Waals surface area contributed by atoms with E-state index in [0.717, 1.165) is 42.9 Å². The van der Waals surface area contributed by atoms with E-state index < -0.39 is 0 Å². The minimum atomic E-state index is 0.387. The van der Waals surface area contributed by atoms with Gasteiger partial charge < -0.3 is 14.6 Å². The van der Waals surface area contributed by atoms with Crippen molar-refractivity contribution in [1.29, 1.82) is 0 Å². The van der Waals surface area contributed by atoms with E-state index in [-0.39, 0.29) is 0 Å². The van der Waals surface area contributed by atoms with Crippen LogP contribution in [0.2, 0.25) is 0 Å². The van der Waals surface area contributed by atoms with Crippen LogP contribution in [0.1, 0.15) is 26.2 Å². The third kappa shape index (κ3) is 3.24. The van der Waals surface area contributed by atoms with Gasteiger partial charge in [0, 0.05) is 30.9 Å². The quantitative estimate of drug-likeness (QED) is 0.939. The first kappa shape index (κ1) is 14.1. The molecular formula is C16H22N4O. The van der Waals surface area contributed by atoms with Gasteiger partial charge in [0.2, 0.25) is 0 Å². The average molecular weight is 286 g/mol. The Labute approximate surface area is 125 Å². The number of aryl methyl sites for hydroxylation is 1. The average Bonchev–Trinajstić information content (AvgIpc) is 2.94. The first-order chi connectivity index (χ1) is 10.3. The van der Waals surface area contributed by atoms with Crippen LogP contribution in [0.3, 0.4) is 0 Å². The predicted molar refractivity (Wildman–Crippen MR) is 83.1 cm³/mol. The zero-order chi connectivity index (χ0) is 14.7. The fourth-order valence-corrected chi connectivity index (χ4v) is 2.82. The second kappa shape index (κ2) is 6.26. The molecule has 112 valence electrons. The van der Waals surface area contributed by atoms with E-state index in [1.54, 1.807) is 6.33 Å². The number of anilines is 1. The molecule has 2 heterocycles. The number of nitrogens with zero attached hydrogens (tertiary/aromatic N) is 3. The number of hydrogen-bond acceptors (Lipinski definition) is 4. The molecule has 1 aromatic carbocycles. The highest BCUT2D eigenvalue weighted by molar-refractivity contribution is 5.62. The van der Waals surface area contributed by atoms with Crippen LogP contribution in [0.5, 0.6) is 0 Å². The molecule has 2 aromatic rings. The van der Waals surface area contributed by atoms with Crippen molar-refractivity contribution in [2.75, 3.05) is 11.9 Å². The highest BCUT2D eigenvalue weighted by Crippen LogP contribution is 2.24. The van der Waals surface area contributed by atoms with Gasteiger partial charge in [0.05, 0.1) is 6.10 Å². The van der Waals surface area contributed by atoms with Gasteiger partial charge in [0.25, 0.3) is 0 Å². The molecule has 2 atom stereocenters. The van der Waals surface area contributed by atoms with Crippen LogP contribution in [-0.4, -0.2) is 33.5 Å². The van der Waals surface area contributed by atoms with Gasteiger partial charge in [-0.3, -0.25) is 0 Å². The summed E-state index contributed by atoms with van der Waals surface area (Å²) in [5, 5.41) is 11.7. The Morgan fingerprint density at radius 3 is 3.10 bits per heavy atom. The highest BCUT2D eigenvalue weighted by atomic mass is 16.5. The third-order valence-electron chi connectivity index (χ3n) is 4.03. The molecule has 0 amide bonds. The van der Waals surface area contributed by atoms with Crippen molar-refractivity contribution in [2.45, 2.75) is 38.3 Å². The Bertz CT molecular complexity index is 595. The molecule has 0 saturated carbocycles. The van der Waals surface area contributed by atoms with Gasteiger partial charge in [-0.05, 0) is 31.4 Å². The molecule has 1 N–H and O–H groups in total. The summed E-state index contributed by atoms with van der Waals surface area (Å²) in [5.41, 5.74) is 2.22. The van der Waals surface area contributed by atoms with Crippen LogP contribution in [0.4, 0.5) is 5.69 Å². The standard InChI is InChI=1S/C16H22N4O/c1-3-15-10-14(7-8-21-15)18-13-6-4-5-12(9-13)16-19-17-11-20(16)2/h4-6,9,11,14-15,18H,3,7-8,10H2,1-2H3. The summed E-state index contributed by atoms with van der Waals surface area (Å²) in [7, 11) is 1.96. The minimum Gasteiger partial charge on any atom is -0.382 e. The van der Waals surface area contributed by atoms with Gasteiger partial charge in [0.1, 0.15) is 6.33 Å². The van der Waals surface area contributed by atoms with Gasteiger partial charge in [-0.15, -0.1) is 10.2 Å². The Morgan fingerprint density at radius 2 is 2.33 bits per heavy atom. The normalized spacial score (nSPS) is 22.2. The Hall–Kier alpha value is -1.88. The maximum atomic E-state index is 5.73. The van der Waals surface area contributed by atoms with Crippen molar-refractivity contribution >= 4 is 5.69 Å². The van der Waals surface area contributed by atoms with E-state index in [1.165, 1.54) is 0 Å². The van der Waals surface area contributed by atoms with Gasteiger partial charge in [-0.1, -0.05) is 19.1 Å². The molecule has 5 heteroatoms. The van der Waals surface area contributed by atoms with Gasteiger partial charge >= 0.3 is 0 Å². The highest BCUT2D eigenvalue weighted by Gasteiger charge is 2.21. The Balaban J connectivity index is 1.73. The molecule has 5 nitrogen and oxygen atoms in total. The summed E-state index contributed by atoms with van der Waals surface area (Å²) < 4.78 is 7.66. The lowest BCUT2D eigenvalue weighted by atomic mass is 10.0. The number of aromatic nitrogens is 3. The van der Waals surface area contributed by atoms with Crippen LogP contribution < -0.4 is 5.32 Å². The van der Waals surface area contributed by atoms with Crippen molar-refractivity contribution in [2.24, 2.45) is 7.05 Å². The maximum absolute atomic E-state index is 5.73. The lowest BCUT2D eigenvalue weighted by Gasteiger charge is -2.30. The zero-order valence-corrected chi connectivity index (χ0v) is 12.6. The maximum Gasteiger partial charge on any atom is 0.163 e. The number of benzene rings is 1. The van der Waals surface area contributed by atoms with E-state index >= 15 is 0 Å². The van der Waals surface area contributed by atoms with E-state index in [4.69, 9.17) is 4.74 Å². The number of rotatable bonds is 4. The molecule has 3 rings (SSSR count). The molecule has 1 fully saturated rings. The molecule has 1 aromatic heterocycles. The first-order valence-electron chi connectivity index (χ1n) is 7.59. The Kier molecular flexibility index (Phi) is 4.20. The first-order valence-corrected chi connectivity index (χ1v) is 7.59. The lowest BCUT2D eigenvalue weighted by molar-refractivity contribution is 0.00926. The van der Waals surface area contributed by atoms with E-state index in [9.17, 15) is 0 Å². The van der Waals surface area contributed by atoms with Gasteiger partial charge in [0.15, 0.2) is 5.82 Å². The van der Waals surface area contributed by atoms with Gasteiger partial charge in [-0.2, -0.15) is 0 Å². The number of ether oxygens (including phenoxy) is 1. The topological polar surface area (TPSA) is 52.0 Å². The van der Waals surface area contributed by atoms with Crippen LogP contribution in [0, 0.1) is 0 Å². The zero-order valence-electron chi connectivity index (χ0n) is 12.6. The largest absolute Gasteiger partial charge is 0.382 e. The summed E-state index contributed by atoms with van der Waals surface area (Å²) in [6.45, 7) is 3.03. The molecule has 1 aliphatic rings. The fourth-order valence-electron chi connectivity index (χ4n) is 2.82. The molecule has 0 spiro atoms.